The smallest absolute Gasteiger partial charge is 0.150 e. The lowest BCUT2D eigenvalue weighted by Gasteiger charge is -1.93. The Kier molecular flexibility index (Phi) is 1.75. The van der Waals surface area contributed by atoms with Crippen molar-refractivity contribution in [2.24, 2.45) is 4.99 Å². The SMILES string of the molecule is CC1C=NC(Br)S1. The number of rotatable bonds is 0. The average molecular weight is 180 g/mol. The van der Waals surface area contributed by atoms with E-state index in [0.717, 1.165) is 0 Å². The third kappa shape index (κ3) is 1.46. The maximum absolute atomic E-state index is 4.07. The predicted molar refractivity (Wildman–Crippen MR) is 38.3 cm³/mol. The van der Waals surface area contributed by atoms with Gasteiger partial charge in [0.25, 0.3) is 0 Å². The summed E-state index contributed by atoms with van der Waals surface area (Å²) in [5.74, 6) is 0. The van der Waals surface area contributed by atoms with E-state index in [9.17, 15) is 0 Å². The fourth-order valence-electron chi connectivity index (χ4n) is 0.436. The van der Waals surface area contributed by atoms with Gasteiger partial charge in [-0.2, -0.15) is 0 Å². The summed E-state index contributed by atoms with van der Waals surface area (Å²) in [5.41, 5.74) is 0. The molecule has 0 aromatic carbocycles. The number of hydrogen-bond donors (Lipinski definition) is 0. The normalized spacial score (nSPS) is 39.7. The lowest BCUT2D eigenvalue weighted by molar-refractivity contribution is 1.35. The molecule has 1 aliphatic heterocycles. The first kappa shape index (κ1) is 5.63. The summed E-state index contributed by atoms with van der Waals surface area (Å²) < 4.78 is 0.322. The molecule has 2 atom stereocenters. The van der Waals surface area contributed by atoms with Gasteiger partial charge in [-0.25, -0.2) is 0 Å². The number of nitrogens with zero attached hydrogens (tertiary/aromatic N) is 1. The first-order valence-electron chi connectivity index (χ1n) is 2.12. The fourth-order valence-corrected chi connectivity index (χ4v) is 2.23. The average Bonchev–Trinajstić information content (AvgIpc) is 1.87. The van der Waals surface area contributed by atoms with E-state index in [0.29, 0.717) is 9.53 Å². The summed E-state index contributed by atoms with van der Waals surface area (Å²) >= 11 is 5.16. The number of hydrogen-bond acceptors (Lipinski definition) is 2. The molecule has 0 aliphatic carbocycles. The molecule has 1 rings (SSSR count). The van der Waals surface area contributed by atoms with Crippen molar-refractivity contribution in [3.8, 4) is 0 Å². The maximum atomic E-state index is 4.07. The molecule has 1 nitrogen and oxygen atoms in total. The highest BCUT2D eigenvalue weighted by Gasteiger charge is 2.11. The third-order valence-electron chi connectivity index (χ3n) is 0.740. The minimum absolute atomic E-state index is 0.322. The van der Waals surface area contributed by atoms with Gasteiger partial charge in [0, 0.05) is 11.5 Å². The van der Waals surface area contributed by atoms with E-state index in [2.05, 4.69) is 27.8 Å². The molecule has 7 heavy (non-hydrogen) atoms. The lowest BCUT2D eigenvalue weighted by atomic mass is 10.5. The maximum Gasteiger partial charge on any atom is 0.150 e. The number of aliphatic imine (C=N–C) groups is 1. The van der Waals surface area contributed by atoms with E-state index in [4.69, 9.17) is 0 Å². The molecule has 0 amide bonds. The van der Waals surface area contributed by atoms with Gasteiger partial charge in [0.2, 0.25) is 0 Å². The van der Waals surface area contributed by atoms with E-state index in [1.54, 1.807) is 0 Å². The monoisotopic (exact) mass is 179 g/mol. The Morgan fingerprint density at radius 3 is 2.71 bits per heavy atom. The van der Waals surface area contributed by atoms with E-state index >= 15 is 0 Å². The van der Waals surface area contributed by atoms with Gasteiger partial charge in [-0.15, -0.1) is 11.8 Å². The highest BCUT2D eigenvalue weighted by atomic mass is 79.9. The largest absolute Gasteiger partial charge is 0.271 e. The van der Waals surface area contributed by atoms with Gasteiger partial charge in [-0.3, -0.25) is 4.99 Å². The zero-order valence-electron chi connectivity index (χ0n) is 3.97. The van der Waals surface area contributed by atoms with Gasteiger partial charge in [-0.05, 0) is 6.92 Å². The van der Waals surface area contributed by atoms with E-state index < -0.39 is 0 Å². The Balaban J connectivity index is 2.42. The van der Waals surface area contributed by atoms with Crippen molar-refractivity contribution >= 4 is 33.9 Å². The quantitative estimate of drug-likeness (QED) is 0.409. The van der Waals surface area contributed by atoms with Crippen LogP contribution in [0.4, 0.5) is 0 Å². The number of thioether (sulfide) groups is 1. The summed E-state index contributed by atoms with van der Waals surface area (Å²) in [6.45, 7) is 2.13. The van der Waals surface area contributed by atoms with E-state index in [-0.39, 0.29) is 0 Å². The van der Waals surface area contributed by atoms with E-state index in [1.165, 1.54) is 0 Å². The zero-order chi connectivity index (χ0) is 5.28. The van der Waals surface area contributed by atoms with Gasteiger partial charge in [0.15, 0.2) is 4.28 Å². The summed E-state index contributed by atoms with van der Waals surface area (Å²) in [6.07, 6.45) is 1.96. The van der Waals surface area contributed by atoms with Gasteiger partial charge >= 0.3 is 0 Å². The number of alkyl halides is 1. The Hall–Kier alpha value is 0.500. The second-order valence-corrected chi connectivity index (χ2v) is 4.37. The van der Waals surface area contributed by atoms with Crippen molar-refractivity contribution in [3.05, 3.63) is 0 Å². The molecule has 0 fully saturated rings. The van der Waals surface area contributed by atoms with Crippen LogP contribution in [0.2, 0.25) is 0 Å². The minimum atomic E-state index is 0.322. The molecule has 0 aromatic heterocycles. The first-order chi connectivity index (χ1) is 3.29. The van der Waals surface area contributed by atoms with Crippen LogP contribution in [0.25, 0.3) is 0 Å². The molecule has 3 heteroatoms. The van der Waals surface area contributed by atoms with Crippen molar-refractivity contribution in [2.75, 3.05) is 0 Å². The summed E-state index contributed by atoms with van der Waals surface area (Å²) in [6, 6.07) is 0. The van der Waals surface area contributed by atoms with Gasteiger partial charge in [0.1, 0.15) is 0 Å². The Morgan fingerprint density at radius 2 is 2.57 bits per heavy atom. The van der Waals surface area contributed by atoms with Crippen molar-refractivity contribution < 1.29 is 0 Å². The molecular weight excluding hydrogens is 174 g/mol. The van der Waals surface area contributed by atoms with Crippen LogP contribution >= 0.6 is 27.7 Å². The fraction of sp³-hybridized carbons (Fsp3) is 0.750. The molecule has 40 valence electrons. The van der Waals surface area contributed by atoms with Gasteiger partial charge in [-0.1, -0.05) is 15.9 Å². The standard InChI is InChI=1S/C4H6BrNS/c1-3-2-6-4(5)7-3/h2-4H,1H3. The van der Waals surface area contributed by atoms with Crippen LogP contribution in [0, 0.1) is 0 Å². The van der Waals surface area contributed by atoms with Crippen LogP contribution < -0.4 is 0 Å². The molecule has 0 spiro atoms. The lowest BCUT2D eigenvalue weighted by Crippen LogP contribution is -1.88. The Labute approximate surface area is 55.7 Å². The summed E-state index contributed by atoms with van der Waals surface area (Å²) in [5, 5.41) is 0.601. The molecular formula is C4H6BrNS. The van der Waals surface area contributed by atoms with E-state index in [1.807, 2.05) is 18.0 Å². The Bertz CT molecular complexity index is 83.7. The van der Waals surface area contributed by atoms with Crippen LogP contribution in [-0.2, 0) is 0 Å². The molecule has 0 radical (unpaired) electrons. The third-order valence-corrected chi connectivity index (χ3v) is 2.52. The zero-order valence-corrected chi connectivity index (χ0v) is 6.37. The molecule has 0 aromatic rings. The molecule has 2 unspecified atom stereocenters. The highest BCUT2D eigenvalue weighted by Crippen LogP contribution is 2.27. The predicted octanol–water partition coefficient (Wildman–Crippen LogP) is 1.87. The first-order valence-corrected chi connectivity index (χ1v) is 3.98. The second-order valence-electron chi connectivity index (χ2n) is 1.43. The van der Waals surface area contributed by atoms with Crippen molar-refractivity contribution in [3.63, 3.8) is 0 Å². The van der Waals surface area contributed by atoms with Crippen LogP contribution in [0.5, 0.6) is 0 Å². The van der Waals surface area contributed by atoms with Crippen LogP contribution in [0.15, 0.2) is 4.99 Å². The highest BCUT2D eigenvalue weighted by molar-refractivity contribution is 9.11. The minimum Gasteiger partial charge on any atom is -0.271 e. The van der Waals surface area contributed by atoms with Crippen LogP contribution in [0.1, 0.15) is 6.92 Å². The topological polar surface area (TPSA) is 12.4 Å². The molecule has 1 aliphatic rings. The molecule has 0 saturated carbocycles. The molecule has 0 bridgehead atoms. The van der Waals surface area contributed by atoms with Gasteiger partial charge < -0.3 is 0 Å². The van der Waals surface area contributed by atoms with Gasteiger partial charge in [0.05, 0.1) is 0 Å². The van der Waals surface area contributed by atoms with Crippen molar-refractivity contribution in [1.82, 2.24) is 0 Å². The van der Waals surface area contributed by atoms with Crippen molar-refractivity contribution in [1.29, 1.82) is 0 Å². The number of halogens is 1. The molecule has 1 heterocycles. The molecule has 0 saturated heterocycles. The Morgan fingerprint density at radius 1 is 1.86 bits per heavy atom. The molecule has 0 N–H and O–H groups in total. The van der Waals surface area contributed by atoms with Crippen LogP contribution in [-0.4, -0.2) is 15.7 Å². The van der Waals surface area contributed by atoms with Crippen molar-refractivity contribution in [2.45, 2.75) is 16.5 Å². The van der Waals surface area contributed by atoms with Crippen LogP contribution in [0.3, 0.4) is 0 Å². The summed E-state index contributed by atoms with van der Waals surface area (Å²) in [7, 11) is 0. The second kappa shape index (κ2) is 2.18. The summed E-state index contributed by atoms with van der Waals surface area (Å²) in [4.78, 5) is 4.07.